The van der Waals surface area contributed by atoms with Gasteiger partial charge in [0.1, 0.15) is 5.82 Å². The highest BCUT2D eigenvalue weighted by Gasteiger charge is 2.52. The van der Waals surface area contributed by atoms with Gasteiger partial charge in [0.25, 0.3) is 0 Å². The molecule has 0 aliphatic rings. The SMILES string of the molecule is CC(O)(c1ccc(Br)cc1F)C(F)(F)F. The van der Waals surface area contributed by atoms with E-state index < -0.39 is 23.2 Å². The van der Waals surface area contributed by atoms with Crippen LogP contribution in [-0.4, -0.2) is 11.3 Å². The maximum Gasteiger partial charge on any atom is 0.421 e. The fourth-order valence-corrected chi connectivity index (χ4v) is 1.37. The molecule has 0 spiro atoms. The summed E-state index contributed by atoms with van der Waals surface area (Å²) in [4.78, 5) is 0. The maximum absolute atomic E-state index is 13.2. The van der Waals surface area contributed by atoms with Crippen LogP contribution in [0.25, 0.3) is 0 Å². The largest absolute Gasteiger partial charge is 0.421 e. The van der Waals surface area contributed by atoms with Crippen LogP contribution in [0.2, 0.25) is 0 Å². The highest BCUT2D eigenvalue weighted by atomic mass is 79.9. The maximum atomic E-state index is 13.2. The third-order valence-corrected chi connectivity index (χ3v) is 2.50. The van der Waals surface area contributed by atoms with Crippen LogP contribution in [-0.2, 0) is 5.60 Å². The fourth-order valence-electron chi connectivity index (χ4n) is 1.04. The van der Waals surface area contributed by atoms with Crippen molar-refractivity contribution < 1.29 is 22.7 Å². The molecule has 1 rings (SSSR count). The number of aliphatic hydroxyl groups is 1. The van der Waals surface area contributed by atoms with Crippen LogP contribution in [0, 0.1) is 5.82 Å². The molecule has 0 aliphatic carbocycles. The zero-order valence-corrected chi connectivity index (χ0v) is 9.16. The monoisotopic (exact) mass is 286 g/mol. The number of benzene rings is 1. The van der Waals surface area contributed by atoms with Crippen LogP contribution in [0.4, 0.5) is 17.6 Å². The molecule has 1 unspecified atom stereocenters. The summed E-state index contributed by atoms with van der Waals surface area (Å²) < 4.78 is 50.6. The predicted molar refractivity (Wildman–Crippen MR) is 49.7 cm³/mol. The second-order valence-electron chi connectivity index (χ2n) is 3.19. The molecule has 0 radical (unpaired) electrons. The van der Waals surface area contributed by atoms with E-state index in [1.807, 2.05) is 0 Å². The first-order valence-electron chi connectivity index (χ1n) is 3.91. The van der Waals surface area contributed by atoms with Crippen LogP contribution >= 0.6 is 15.9 Å². The van der Waals surface area contributed by atoms with Crippen molar-refractivity contribution in [3.63, 3.8) is 0 Å². The molecule has 84 valence electrons. The normalized spacial score (nSPS) is 16.2. The van der Waals surface area contributed by atoms with Gasteiger partial charge in [-0.15, -0.1) is 0 Å². The topological polar surface area (TPSA) is 20.2 Å². The minimum absolute atomic E-state index is 0.307. The summed E-state index contributed by atoms with van der Waals surface area (Å²) in [5.74, 6) is -1.10. The Bertz CT molecular complexity index is 373. The number of hydrogen-bond donors (Lipinski definition) is 1. The first kappa shape index (κ1) is 12.4. The molecule has 1 aromatic carbocycles. The molecule has 0 fully saturated rings. The Labute approximate surface area is 91.9 Å². The van der Waals surface area contributed by atoms with Gasteiger partial charge in [0.05, 0.1) is 0 Å². The molecule has 0 saturated heterocycles. The minimum atomic E-state index is -4.92. The van der Waals surface area contributed by atoms with Gasteiger partial charge in [0.15, 0.2) is 5.60 Å². The lowest BCUT2D eigenvalue weighted by Crippen LogP contribution is -2.39. The van der Waals surface area contributed by atoms with Crippen molar-refractivity contribution in [2.75, 3.05) is 0 Å². The van der Waals surface area contributed by atoms with E-state index in [0.717, 1.165) is 12.1 Å². The molecule has 0 aromatic heterocycles. The molecular formula is C9H7BrF4O. The lowest BCUT2D eigenvalue weighted by molar-refractivity contribution is -0.259. The third kappa shape index (κ3) is 2.31. The average Bonchev–Trinajstić information content (AvgIpc) is 2.00. The molecule has 1 aromatic rings. The quantitative estimate of drug-likeness (QED) is 0.785. The van der Waals surface area contributed by atoms with Gasteiger partial charge in [-0.1, -0.05) is 22.0 Å². The van der Waals surface area contributed by atoms with E-state index in [0.29, 0.717) is 11.4 Å². The molecule has 0 heterocycles. The van der Waals surface area contributed by atoms with Gasteiger partial charge in [0, 0.05) is 10.0 Å². The molecule has 1 nitrogen and oxygen atoms in total. The molecule has 0 aliphatic heterocycles. The molecule has 15 heavy (non-hydrogen) atoms. The number of hydrogen-bond acceptors (Lipinski definition) is 1. The van der Waals surface area contributed by atoms with Gasteiger partial charge in [-0.05, 0) is 19.1 Å². The van der Waals surface area contributed by atoms with Crippen LogP contribution in [0.1, 0.15) is 12.5 Å². The zero-order chi connectivity index (χ0) is 11.9. The van der Waals surface area contributed by atoms with Crippen LogP contribution in [0.3, 0.4) is 0 Å². The Morgan fingerprint density at radius 2 is 1.80 bits per heavy atom. The first-order valence-corrected chi connectivity index (χ1v) is 4.70. The van der Waals surface area contributed by atoms with E-state index in [1.54, 1.807) is 0 Å². The Balaban J connectivity index is 3.28. The second-order valence-corrected chi connectivity index (χ2v) is 4.11. The Kier molecular flexibility index (Phi) is 3.11. The van der Waals surface area contributed by atoms with E-state index in [-0.39, 0.29) is 0 Å². The van der Waals surface area contributed by atoms with Crippen molar-refractivity contribution in [2.24, 2.45) is 0 Å². The van der Waals surface area contributed by atoms with Gasteiger partial charge in [-0.3, -0.25) is 0 Å². The van der Waals surface area contributed by atoms with Crippen LogP contribution in [0.15, 0.2) is 22.7 Å². The highest BCUT2D eigenvalue weighted by Crippen LogP contribution is 2.39. The van der Waals surface area contributed by atoms with Gasteiger partial charge in [-0.2, -0.15) is 13.2 Å². The number of rotatable bonds is 1. The van der Waals surface area contributed by atoms with Gasteiger partial charge < -0.3 is 5.11 Å². The van der Waals surface area contributed by atoms with Crippen molar-refractivity contribution in [2.45, 2.75) is 18.7 Å². The summed E-state index contributed by atoms with van der Waals surface area (Å²) in [6.07, 6.45) is -4.92. The first-order chi connectivity index (χ1) is 6.66. The van der Waals surface area contributed by atoms with Crippen molar-refractivity contribution in [3.05, 3.63) is 34.1 Å². The van der Waals surface area contributed by atoms with E-state index in [4.69, 9.17) is 0 Å². The summed E-state index contributed by atoms with van der Waals surface area (Å²) in [6.45, 7) is 0.513. The summed E-state index contributed by atoms with van der Waals surface area (Å²) >= 11 is 2.91. The molecule has 6 heteroatoms. The van der Waals surface area contributed by atoms with Crippen LogP contribution in [0.5, 0.6) is 0 Å². The summed E-state index contributed by atoms with van der Waals surface area (Å²) in [6, 6.07) is 3.00. The number of halogens is 5. The van der Waals surface area contributed by atoms with Gasteiger partial charge in [0.2, 0.25) is 0 Å². The average molecular weight is 287 g/mol. The van der Waals surface area contributed by atoms with Crippen molar-refractivity contribution in [1.82, 2.24) is 0 Å². The van der Waals surface area contributed by atoms with Gasteiger partial charge in [-0.25, -0.2) is 4.39 Å². The third-order valence-electron chi connectivity index (χ3n) is 2.01. The lowest BCUT2D eigenvalue weighted by Gasteiger charge is -2.27. The molecule has 1 N–H and O–H groups in total. The fraction of sp³-hybridized carbons (Fsp3) is 0.333. The summed E-state index contributed by atoms with van der Waals surface area (Å²) in [7, 11) is 0. The summed E-state index contributed by atoms with van der Waals surface area (Å²) in [5.41, 5.74) is -3.98. The lowest BCUT2D eigenvalue weighted by atomic mass is 9.95. The minimum Gasteiger partial charge on any atom is -0.376 e. The van der Waals surface area contributed by atoms with Crippen molar-refractivity contribution in [3.8, 4) is 0 Å². The Hall–Kier alpha value is -0.620. The molecule has 0 bridgehead atoms. The van der Waals surface area contributed by atoms with E-state index in [9.17, 15) is 22.7 Å². The molecule has 1 atom stereocenters. The van der Waals surface area contributed by atoms with E-state index in [1.165, 1.54) is 6.07 Å². The van der Waals surface area contributed by atoms with Crippen molar-refractivity contribution >= 4 is 15.9 Å². The second kappa shape index (κ2) is 3.75. The summed E-state index contributed by atoms with van der Waals surface area (Å²) in [5, 5.41) is 9.21. The molecular weight excluding hydrogens is 280 g/mol. The predicted octanol–water partition coefficient (Wildman–Crippen LogP) is 3.36. The standard InChI is InChI=1S/C9H7BrF4O/c1-8(15,9(12,13)14)6-3-2-5(10)4-7(6)11/h2-4,15H,1H3. The Morgan fingerprint density at radius 3 is 2.20 bits per heavy atom. The molecule has 0 amide bonds. The van der Waals surface area contributed by atoms with Crippen molar-refractivity contribution in [1.29, 1.82) is 0 Å². The smallest absolute Gasteiger partial charge is 0.376 e. The molecule has 0 saturated carbocycles. The highest BCUT2D eigenvalue weighted by molar-refractivity contribution is 9.10. The van der Waals surface area contributed by atoms with Gasteiger partial charge >= 0.3 is 6.18 Å². The van der Waals surface area contributed by atoms with E-state index >= 15 is 0 Å². The zero-order valence-electron chi connectivity index (χ0n) is 7.57. The Morgan fingerprint density at radius 1 is 1.27 bits per heavy atom. The van der Waals surface area contributed by atoms with Crippen LogP contribution < -0.4 is 0 Å². The number of alkyl halides is 3. The van der Waals surface area contributed by atoms with E-state index in [2.05, 4.69) is 15.9 Å².